The number of fused-ring (bicyclic) bond motifs is 3. The molecule has 0 bridgehead atoms. The van der Waals surface area contributed by atoms with Gasteiger partial charge < -0.3 is 28.8 Å². The third-order valence-corrected chi connectivity index (χ3v) is 7.12. The van der Waals surface area contributed by atoms with Gasteiger partial charge in [0.2, 0.25) is 11.2 Å². The molecule has 2 aliphatic rings. The van der Waals surface area contributed by atoms with Crippen molar-refractivity contribution in [3.8, 4) is 18.2 Å². The van der Waals surface area contributed by atoms with Gasteiger partial charge in [-0.3, -0.25) is 0 Å². The number of aromatic nitrogens is 3. The lowest BCUT2D eigenvalue weighted by molar-refractivity contribution is -0.138. The number of rotatable bonds is 5. The minimum absolute atomic E-state index is 0.00249. The van der Waals surface area contributed by atoms with Crippen LogP contribution < -0.4 is 14.5 Å². The molecule has 194 valence electrons. The Bertz CT molecular complexity index is 1580. The molecule has 2 fully saturated rings. The molecule has 6 rings (SSSR count). The Balaban J connectivity index is 1.36. The number of carbonyl (C=O) groups is 1. The molecule has 5 heterocycles. The number of hydrogen-bond donors (Lipinski definition) is 1. The fourth-order valence-electron chi connectivity index (χ4n) is 5.15. The number of benzene rings is 1. The number of para-hydroxylation sites is 1. The highest BCUT2D eigenvalue weighted by Gasteiger charge is 2.41. The van der Waals surface area contributed by atoms with E-state index in [4.69, 9.17) is 31.9 Å². The van der Waals surface area contributed by atoms with Gasteiger partial charge in [0.25, 0.3) is 0 Å². The highest BCUT2D eigenvalue weighted by molar-refractivity contribution is 6.29. The molecule has 0 spiro atoms. The number of hydrogen-bond acceptors (Lipinski definition) is 9. The molecular formula is C27H24ClN5O5. The fraction of sp³-hybridized carbons (Fsp3) is 0.333. The summed E-state index contributed by atoms with van der Waals surface area (Å²) < 4.78 is 18.0. The van der Waals surface area contributed by atoms with E-state index in [1.54, 1.807) is 11.1 Å². The van der Waals surface area contributed by atoms with Crippen LogP contribution in [0.1, 0.15) is 18.9 Å². The minimum Gasteiger partial charge on any atom is -0.480 e. The topological polar surface area (TPSA) is 114 Å². The number of morpholine rings is 1. The maximum absolute atomic E-state index is 12.4. The predicted molar refractivity (Wildman–Crippen MR) is 142 cm³/mol. The van der Waals surface area contributed by atoms with Gasteiger partial charge in [0.05, 0.1) is 19.8 Å². The number of anilines is 2. The van der Waals surface area contributed by atoms with Crippen LogP contribution in [0.3, 0.4) is 0 Å². The summed E-state index contributed by atoms with van der Waals surface area (Å²) in [5.74, 6) is 2.32. The zero-order valence-corrected chi connectivity index (χ0v) is 21.3. The normalized spacial score (nSPS) is 21.7. The van der Waals surface area contributed by atoms with Crippen LogP contribution in [-0.2, 0) is 9.53 Å². The summed E-state index contributed by atoms with van der Waals surface area (Å²) in [5, 5.41) is 10.9. The van der Waals surface area contributed by atoms with Gasteiger partial charge >= 0.3 is 5.97 Å². The van der Waals surface area contributed by atoms with E-state index in [2.05, 4.69) is 32.7 Å². The highest BCUT2D eigenvalue weighted by atomic mass is 35.5. The van der Waals surface area contributed by atoms with E-state index >= 15 is 0 Å². The van der Waals surface area contributed by atoms with E-state index in [-0.39, 0.29) is 24.3 Å². The summed E-state index contributed by atoms with van der Waals surface area (Å²) in [6.07, 6.45) is 6.92. The van der Waals surface area contributed by atoms with Gasteiger partial charge in [0, 0.05) is 36.2 Å². The molecule has 2 aliphatic heterocycles. The molecule has 0 amide bonds. The monoisotopic (exact) mass is 533 g/mol. The van der Waals surface area contributed by atoms with Crippen molar-refractivity contribution in [2.45, 2.75) is 31.5 Å². The van der Waals surface area contributed by atoms with Crippen LogP contribution in [0.2, 0.25) is 5.28 Å². The maximum Gasteiger partial charge on any atom is 0.326 e. The lowest BCUT2D eigenvalue weighted by atomic mass is 10.2. The van der Waals surface area contributed by atoms with Gasteiger partial charge in [-0.1, -0.05) is 18.1 Å². The van der Waals surface area contributed by atoms with Gasteiger partial charge in [0.1, 0.15) is 28.9 Å². The molecule has 4 aromatic rings. The van der Waals surface area contributed by atoms with E-state index in [0.29, 0.717) is 53.7 Å². The number of terminal acetylenes is 1. The van der Waals surface area contributed by atoms with Crippen LogP contribution in [0.25, 0.3) is 22.1 Å². The molecular weight excluding hydrogens is 510 g/mol. The summed E-state index contributed by atoms with van der Waals surface area (Å²) >= 11 is 6.29. The highest BCUT2D eigenvalue weighted by Crippen LogP contribution is 2.38. The van der Waals surface area contributed by atoms with Crippen molar-refractivity contribution in [1.82, 2.24) is 15.0 Å². The predicted octanol–water partition coefficient (Wildman–Crippen LogP) is 3.74. The Hall–Kier alpha value is -4.07. The smallest absolute Gasteiger partial charge is 0.326 e. The van der Waals surface area contributed by atoms with Crippen molar-refractivity contribution in [1.29, 1.82) is 0 Å². The molecule has 0 aliphatic carbocycles. The fourth-order valence-corrected chi connectivity index (χ4v) is 5.32. The van der Waals surface area contributed by atoms with Crippen LogP contribution in [-0.4, -0.2) is 70.5 Å². The lowest BCUT2D eigenvalue weighted by Gasteiger charge is -2.36. The number of furan rings is 1. The summed E-state index contributed by atoms with van der Waals surface area (Å²) in [7, 11) is 0. The van der Waals surface area contributed by atoms with Gasteiger partial charge in [-0.05, 0) is 36.7 Å². The van der Waals surface area contributed by atoms with E-state index in [0.717, 1.165) is 11.1 Å². The third-order valence-electron chi connectivity index (χ3n) is 6.95. The number of carboxylic acids is 1. The first-order chi connectivity index (χ1) is 18.4. The molecule has 38 heavy (non-hydrogen) atoms. The second kappa shape index (κ2) is 9.67. The first-order valence-electron chi connectivity index (χ1n) is 12.2. The van der Waals surface area contributed by atoms with Gasteiger partial charge in [0.15, 0.2) is 11.4 Å². The Labute approximate surface area is 223 Å². The molecule has 0 unspecified atom stereocenters. The largest absolute Gasteiger partial charge is 0.480 e. The van der Waals surface area contributed by atoms with Gasteiger partial charge in [-0.15, -0.1) is 6.42 Å². The number of nitrogens with zero attached hydrogens (tertiary/aromatic N) is 5. The molecule has 1 aromatic carbocycles. The summed E-state index contributed by atoms with van der Waals surface area (Å²) in [5.41, 5.74) is 2.90. The van der Waals surface area contributed by atoms with Crippen LogP contribution in [0.5, 0.6) is 5.88 Å². The first-order valence-corrected chi connectivity index (χ1v) is 12.6. The standard InChI is InChI=1S/C27H24ClN5O5/c1-3-16-10-19(32-8-9-36-14-15(32)2)25(29-12-16)37-17-11-20(26(34)35)33(13-17)24-23-22(30-27(28)31-24)18-6-4-5-7-21(18)38-23/h1,4-7,10,12,15,17,20H,8-9,11,13-14H2,2H3,(H,34,35)/t15-,17-,20-/m0/s1. The molecule has 2 saturated heterocycles. The molecule has 10 nitrogen and oxygen atoms in total. The van der Waals surface area contributed by atoms with Crippen molar-refractivity contribution in [3.05, 3.63) is 47.4 Å². The van der Waals surface area contributed by atoms with Crippen LogP contribution in [0.15, 0.2) is 40.9 Å². The summed E-state index contributed by atoms with van der Waals surface area (Å²) in [6.45, 7) is 4.09. The van der Waals surface area contributed by atoms with E-state index < -0.39 is 18.1 Å². The van der Waals surface area contributed by atoms with Gasteiger partial charge in [-0.25, -0.2) is 14.8 Å². The van der Waals surface area contributed by atoms with E-state index in [1.165, 1.54) is 0 Å². The Morgan fingerprint density at radius 2 is 2.13 bits per heavy atom. The Morgan fingerprint density at radius 3 is 2.92 bits per heavy atom. The molecule has 0 saturated carbocycles. The third kappa shape index (κ3) is 4.23. The van der Waals surface area contributed by atoms with Crippen molar-refractivity contribution in [2.75, 3.05) is 36.1 Å². The number of pyridine rings is 1. The maximum atomic E-state index is 12.4. The molecule has 11 heteroatoms. The molecule has 3 aromatic heterocycles. The quantitative estimate of drug-likeness (QED) is 0.300. The van der Waals surface area contributed by atoms with Crippen LogP contribution in [0, 0.1) is 12.3 Å². The first kappa shape index (κ1) is 24.3. The summed E-state index contributed by atoms with van der Waals surface area (Å²) in [6, 6.07) is 8.46. The second-order valence-corrected chi connectivity index (χ2v) is 9.72. The SMILES string of the molecule is C#Cc1cnc(O[C@H]2C[C@@H](C(=O)O)N(c3nc(Cl)nc4c3oc3ccccc34)C2)c(N2CCOC[C@@H]2C)c1. The number of ether oxygens (including phenoxy) is 2. The average Bonchev–Trinajstić information content (AvgIpc) is 3.51. The van der Waals surface area contributed by atoms with Crippen molar-refractivity contribution in [2.24, 2.45) is 0 Å². The second-order valence-electron chi connectivity index (χ2n) is 9.38. The van der Waals surface area contributed by atoms with Gasteiger partial charge in [-0.2, -0.15) is 4.98 Å². The van der Waals surface area contributed by atoms with E-state index in [9.17, 15) is 9.90 Å². The lowest BCUT2D eigenvalue weighted by Crippen LogP contribution is -2.44. The number of aliphatic carboxylic acids is 1. The van der Waals surface area contributed by atoms with Crippen molar-refractivity contribution >= 4 is 51.1 Å². The molecule has 0 radical (unpaired) electrons. The Kier molecular flexibility index (Phi) is 6.18. The Morgan fingerprint density at radius 1 is 1.29 bits per heavy atom. The zero-order chi connectivity index (χ0) is 26.4. The van der Waals surface area contributed by atoms with Crippen molar-refractivity contribution in [3.63, 3.8) is 0 Å². The zero-order valence-electron chi connectivity index (χ0n) is 20.5. The van der Waals surface area contributed by atoms with Crippen molar-refractivity contribution < 1.29 is 23.8 Å². The molecule has 3 atom stereocenters. The average molecular weight is 534 g/mol. The minimum atomic E-state index is -1.01. The number of carboxylic acid groups (broad SMARTS) is 1. The van der Waals surface area contributed by atoms with Crippen LogP contribution in [0.4, 0.5) is 11.5 Å². The number of halogens is 1. The van der Waals surface area contributed by atoms with E-state index in [1.807, 2.05) is 30.3 Å². The van der Waals surface area contributed by atoms with Crippen LogP contribution >= 0.6 is 11.6 Å². The molecule has 1 N–H and O–H groups in total. The summed E-state index contributed by atoms with van der Waals surface area (Å²) in [4.78, 5) is 29.4.